The second-order valence-corrected chi connectivity index (χ2v) is 4.78. The van der Waals surface area contributed by atoms with E-state index in [0.717, 1.165) is 16.8 Å². The van der Waals surface area contributed by atoms with Crippen LogP contribution >= 0.6 is 11.6 Å². The van der Waals surface area contributed by atoms with E-state index in [0.29, 0.717) is 0 Å². The molecule has 1 unspecified atom stereocenters. The number of rotatable bonds is 4. The van der Waals surface area contributed by atoms with Crippen molar-refractivity contribution < 1.29 is 14.6 Å². The molecule has 0 saturated heterocycles. The van der Waals surface area contributed by atoms with E-state index in [1.165, 1.54) is 4.90 Å². The molecule has 0 heterocycles. The van der Waals surface area contributed by atoms with Gasteiger partial charge in [-0.1, -0.05) is 18.2 Å². The summed E-state index contributed by atoms with van der Waals surface area (Å²) >= 11 is 5.67. The summed E-state index contributed by atoms with van der Waals surface area (Å²) in [5.74, 6) is -0.186. The molecule has 0 aliphatic carbocycles. The van der Waals surface area contributed by atoms with Crippen LogP contribution in [0.25, 0.3) is 0 Å². The Kier molecular flexibility index (Phi) is 5.36. The Labute approximate surface area is 118 Å². The van der Waals surface area contributed by atoms with Gasteiger partial charge in [-0.25, -0.2) is 0 Å². The predicted molar refractivity (Wildman–Crippen MR) is 74.3 cm³/mol. The van der Waals surface area contributed by atoms with Crippen LogP contribution in [-0.4, -0.2) is 23.6 Å². The monoisotopic (exact) mass is 283 g/mol. The van der Waals surface area contributed by atoms with Crippen molar-refractivity contribution in [3.8, 4) is 0 Å². The Bertz CT molecular complexity index is 479. The van der Waals surface area contributed by atoms with E-state index in [-0.39, 0.29) is 17.6 Å². The molecule has 4 nitrogen and oxygen atoms in total. The molecule has 0 spiro atoms. The largest absolute Gasteiger partial charge is 0.463 e. The third-order valence-electron chi connectivity index (χ3n) is 3.17. The second kappa shape index (κ2) is 6.57. The molecular weight excluding hydrogens is 266 g/mol. The van der Waals surface area contributed by atoms with E-state index in [9.17, 15) is 10.1 Å². The standard InChI is InChI=1S/C14H18ClNO3/c1-9-6-5-7-10(2)14(9)16(13(17)8-15)11(3)12(4)19-18/h5-7,11H,8H2,1-4H3. The number of para-hydroxylation sites is 1. The zero-order chi connectivity index (χ0) is 14.6. The lowest BCUT2D eigenvalue weighted by Crippen LogP contribution is -2.45. The maximum absolute atomic E-state index is 12.1. The summed E-state index contributed by atoms with van der Waals surface area (Å²) in [6.45, 7) is 7.12. The van der Waals surface area contributed by atoms with Gasteiger partial charge in [-0.3, -0.25) is 9.69 Å². The Balaban J connectivity index is 3.37. The van der Waals surface area contributed by atoms with Crippen LogP contribution in [0, 0.1) is 13.8 Å². The van der Waals surface area contributed by atoms with Crippen molar-refractivity contribution in [1.29, 1.82) is 0 Å². The molecule has 19 heavy (non-hydrogen) atoms. The summed E-state index contributed by atoms with van der Waals surface area (Å²) in [5, 5.41) is 10.6. The molecule has 0 radical (unpaired) electrons. The highest BCUT2D eigenvalue weighted by atomic mass is 35.5. The maximum atomic E-state index is 12.1. The molecule has 1 atom stereocenters. The SMILES string of the molecule is CC(=[O+][O-])C(C)N(C(=O)CCl)c1c(C)cccc1C. The van der Waals surface area contributed by atoms with Crippen LogP contribution in [0.3, 0.4) is 0 Å². The summed E-state index contributed by atoms with van der Waals surface area (Å²) in [6.07, 6.45) is 0. The lowest BCUT2D eigenvalue weighted by atomic mass is 10.0. The number of carbonyl (C=O) groups is 1. The summed E-state index contributed by atoms with van der Waals surface area (Å²) < 4.78 is 4.02. The van der Waals surface area contributed by atoms with Crippen molar-refractivity contribution in [1.82, 2.24) is 0 Å². The predicted octanol–water partition coefficient (Wildman–Crippen LogP) is 1.66. The molecule has 0 aliphatic rings. The van der Waals surface area contributed by atoms with Crippen LogP contribution in [0.1, 0.15) is 25.0 Å². The lowest BCUT2D eigenvalue weighted by Gasteiger charge is -2.28. The van der Waals surface area contributed by atoms with Gasteiger partial charge in [0.05, 0.1) is 12.6 Å². The molecule has 0 aromatic heterocycles. The van der Waals surface area contributed by atoms with E-state index in [2.05, 4.69) is 4.58 Å². The van der Waals surface area contributed by atoms with Crippen LogP contribution < -0.4 is 10.2 Å². The Morgan fingerprint density at radius 1 is 1.42 bits per heavy atom. The third-order valence-corrected chi connectivity index (χ3v) is 3.40. The van der Waals surface area contributed by atoms with Gasteiger partial charge in [-0.2, -0.15) is 4.58 Å². The number of alkyl halides is 1. The van der Waals surface area contributed by atoms with Crippen LogP contribution in [0.2, 0.25) is 0 Å². The first kappa shape index (κ1) is 15.5. The van der Waals surface area contributed by atoms with Gasteiger partial charge in [-0.15, -0.1) is 11.6 Å². The second-order valence-electron chi connectivity index (χ2n) is 4.51. The highest BCUT2D eigenvalue weighted by Crippen LogP contribution is 2.27. The molecule has 0 bridgehead atoms. The van der Waals surface area contributed by atoms with E-state index >= 15 is 0 Å². The van der Waals surface area contributed by atoms with Crippen molar-refractivity contribution >= 4 is 29.0 Å². The zero-order valence-electron chi connectivity index (χ0n) is 11.6. The molecule has 1 aromatic rings. The first-order valence-electron chi connectivity index (χ1n) is 6.01. The number of amides is 1. The summed E-state index contributed by atoms with van der Waals surface area (Å²) in [5.41, 5.74) is 2.67. The van der Waals surface area contributed by atoms with Gasteiger partial charge in [-0.05, 0) is 31.9 Å². The maximum Gasteiger partial charge on any atom is 0.348 e. The number of hydrogen-bond donors (Lipinski definition) is 0. The number of benzene rings is 1. The molecule has 0 N–H and O–H groups in total. The number of ketones is 1. The molecular formula is C14H18ClNO3. The summed E-state index contributed by atoms with van der Waals surface area (Å²) in [6, 6.07) is 5.28. The van der Waals surface area contributed by atoms with Crippen molar-refractivity contribution in [2.24, 2.45) is 0 Å². The van der Waals surface area contributed by atoms with Crippen molar-refractivity contribution in [2.75, 3.05) is 10.8 Å². The minimum atomic E-state index is -0.469. The van der Waals surface area contributed by atoms with Crippen molar-refractivity contribution in [2.45, 2.75) is 33.7 Å². The number of halogens is 1. The first-order valence-corrected chi connectivity index (χ1v) is 6.55. The van der Waals surface area contributed by atoms with Crippen LogP contribution in [-0.2, 0) is 9.37 Å². The van der Waals surface area contributed by atoms with Gasteiger partial charge in [0.25, 0.3) is 0 Å². The molecule has 0 saturated carbocycles. The Morgan fingerprint density at radius 2 is 1.95 bits per heavy atom. The van der Waals surface area contributed by atoms with Gasteiger partial charge in [0.1, 0.15) is 11.9 Å². The van der Waals surface area contributed by atoms with Gasteiger partial charge >= 0.3 is 5.78 Å². The average Bonchev–Trinajstić information content (AvgIpc) is 2.40. The van der Waals surface area contributed by atoms with E-state index in [4.69, 9.17) is 11.6 Å². The van der Waals surface area contributed by atoms with Crippen molar-refractivity contribution in [3.63, 3.8) is 0 Å². The zero-order valence-corrected chi connectivity index (χ0v) is 12.3. The van der Waals surface area contributed by atoms with E-state index in [1.54, 1.807) is 13.8 Å². The van der Waals surface area contributed by atoms with Gasteiger partial charge in [0, 0.05) is 0 Å². The fourth-order valence-corrected chi connectivity index (χ4v) is 2.16. The lowest BCUT2D eigenvalue weighted by molar-refractivity contribution is -1.05. The molecule has 1 aromatic carbocycles. The number of hydrogen-bond acceptors (Lipinski definition) is 2. The smallest absolute Gasteiger partial charge is 0.348 e. The molecule has 5 heteroatoms. The molecule has 1 amide bonds. The molecule has 0 fully saturated rings. The number of nitrogens with zero attached hydrogens (tertiary/aromatic N) is 1. The highest BCUT2D eigenvalue weighted by Gasteiger charge is 2.30. The normalized spacial score (nSPS) is 13.2. The molecule has 0 aliphatic heterocycles. The van der Waals surface area contributed by atoms with Crippen LogP contribution in [0.15, 0.2) is 18.2 Å². The quantitative estimate of drug-likeness (QED) is 0.365. The number of anilines is 1. The highest BCUT2D eigenvalue weighted by molar-refractivity contribution is 6.30. The van der Waals surface area contributed by atoms with Gasteiger partial charge in [0.15, 0.2) is 0 Å². The molecule has 104 valence electrons. The van der Waals surface area contributed by atoms with Crippen LogP contribution in [0.4, 0.5) is 5.69 Å². The minimum Gasteiger partial charge on any atom is -0.463 e. The van der Waals surface area contributed by atoms with Crippen molar-refractivity contribution in [3.05, 3.63) is 29.3 Å². The number of aryl methyl sites for hydroxylation is 2. The number of carbonyl (C=O) groups excluding carboxylic acids is 2. The van der Waals surface area contributed by atoms with Gasteiger partial charge < -0.3 is 5.26 Å². The summed E-state index contributed by atoms with van der Waals surface area (Å²) in [4.78, 5) is 13.6. The Hall–Kier alpha value is -1.55. The van der Waals surface area contributed by atoms with E-state index < -0.39 is 6.04 Å². The minimum absolute atomic E-state index is 0.149. The third kappa shape index (κ3) is 3.26. The average molecular weight is 284 g/mol. The Morgan fingerprint density at radius 3 is 2.37 bits per heavy atom. The fraction of sp³-hybridized carbons (Fsp3) is 0.429. The molecule has 1 rings (SSSR count). The van der Waals surface area contributed by atoms with E-state index in [1.807, 2.05) is 32.0 Å². The first-order chi connectivity index (χ1) is 8.93. The van der Waals surface area contributed by atoms with Gasteiger partial charge in [0.2, 0.25) is 5.91 Å². The van der Waals surface area contributed by atoms with Crippen LogP contribution in [0.5, 0.6) is 0 Å². The fourth-order valence-electron chi connectivity index (χ4n) is 2.04. The topological polar surface area (TPSA) is 54.7 Å². The summed E-state index contributed by atoms with van der Waals surface area (Å²) in [7, 11) is 0.